The monoisotopic (exact) mass is 235 g/mol. The third kappa shape index (κ3) is 2.34. The molecule has 1 heterocycles. The van der Waals surface area contributed by atoms with Crippen LogP contribution in [0.5, 0.6) is 0 Å². The van der Waals surface area contributed by atoms with Crippen LogP contribution in [0.4, 0.5) is 10.8 Å². The van der Waals surface area contributed by atoms with Crippen molar-refractivity contribution in [3.8, 4) is 0 Å². The van der Waals surface area contributed by atoms with Crippen LogP contribution in [-0.4, -0.2) is 9.91 Å². The summed E-state index contributed by atoms with van der Waals surface area (Å²) in [6, 6.07) is 6.44. The first-order valence-corrected chi connectivity index (χ1v) is 5.46. The molecular weight excluding hydrogens is 226 g/mol. The first kappa shape index (κ1) is 10.6. The van der Waals surface area contributed by atoms with Gasteiger partial charge in [-0.05, 0) is 5.56 Å². The van der Waals surface area contributed by atoms with Gasteiger partial charge in [0.2, 0.25) is 0 Å². The van der Waals surface area contributed by atoms with Gasteiger partial charge >= 0.3 is 0 Å². The molecule has 2 N–H and O–H groups in total. The number of non-ortho nitro benzene ring substituents is 1. The van der Waals surface area contributed by atoms with Crippen LogP contribution in [0.25, 0.3) is 0 Å². The lowest BCUT2D eigenvalue weighted by Gasteiger charge is -1.97. The van der Waals surface area contributed by atoms with Crippen molar-refractivity contribution in [3.63, 3.8) is 0 Å². The fourth-order valence-corrected chi connectivity index (χ4v) is 1.91. The predicted molar refractivity (Wildman–Crippen MR) is 62.4 cm³/mol. The van der Waals surface area contributed by atoms with Gasteiger partial charge in [-0.3, -0.25) is 10.1 Å². The number of hydrogen-bond donors (Lipinski definition) is 1. The van der Waals surface area contributed by atoms with Crippen LogP contribution in [-0.2, 0) is 6.42 Å². The van der Waals surface area contributed by atoms with Crippen molar-refractivity contribution in [3.05, 3.63) is 51.0 Å². The Kier molecular flexibility index (Phi) is 2.82. The van der Waals surface area contributed by atoms with Gasteiger partial charge in [-0.1, -0.05) is 12.1 Å². The van der Waals surface area contributed by atoms with Crippen molar-refractivity contribution in [2.24, 2.45) is 0 Å². The first-order valence-electron chi connectivity index (χ1n) is 4.58. The van der Waals surface area contributed by atoms with E-state index in [4.69, 9.17) is 5.73 Å². The number of nitrogens with zero attached hydrogens (tertiary/aromatic N) is 2. The normalized spacial score (nSPS) is 10.2. The number of nitro groups is 1. The summed E-state index contributed by atoms with van der Waals surface area (Å²) < 4.78 is 0. The molecule has 2 aromatic rings. The maximum atomic E-state index is 10.5. The molecule has 0 fully saturated rings. The Labute approximate surface area is 95.7 Å². The highest BCUT2D eigenvalue weighted by molar-refractivity contribution is 7.13. The number of nitrogens with two attached hydrogens (primary N) is 1. The van der Waals surface area contributed by atoms with Gasteiger partial charge in [-0.25, -0.2) is 4.98 Å². The maximum Gasteiger partial charge on any atom is 0.269 e. The Morgan fingerprint density at radius 3 is 2.56 bits per heavy atom. The highest BCUT2D eigenvalue weighted by atomic mass is 32.1. The van der Waals surface area contributed by atoms with Crippen molar-refractivity contribution in [2.45, 2.75) is 6.42 Å². The second-order valence-corrected chi connectivity index (χ2v) is 4.17. The first-order chi connectivity index (χ1) is 7.65. The van der Waals surface area contributed by atoms with Gasteiger partial charge in [-0.2, -0.15) is 0 Å². The van der Waals surface area contributed by atoms with Gasteiger partial charge in [0.25, 0.3) is 5.69 Å². The van der Waals surface area contributed by atoms with Crippen LogP contribution in [0.15, 0.2) is 29.6 Å². The van der Waals surface area contributed by atoms with Gasteiger partial charge in [0.05, 0.1) is 10.6 Å². The van der Waals surface area contributed by atoms with Crippen molar-refractivity contribution >= 4 is 22.2 Å². The van der Waals surface area contributed by atoms with Crippen molar-refractivity contribution in [2.75, 3.05) is 5.73 Å². The lowest BCUT2D eigenvalue weighted by molar-refractivity contribution is -0.384. The van der Waals surface area contributed by atoms with Crippen LogP contribution in [0.3, 0.4) is 0 Å². The zero-order chi connectivity index (χ0) is 11.5. The molecule has 1 aromatic carbocycles. The van der Waals surface area contributed by atoms with E-state index in [-0.39, 0.29) is 5.69 Å². The Bertz CT molecular complexity index is 507. The van der Waals surface area contributed by atoms with Crippen LogP contribution in [0.2, 0.25) is 0 Å². The third-order valence-corrected chi connectivity index (χ3v) is 2.82. The molecule has 0 unspecified atom stereocenters. The number of nitro benzene ring substituents is 1. The second-order valence-electron chi connectivity index (χ2n) is 3.28. The van der Waals surface area contributed by atoms with Crippen molar-refractivity contribution in [1.82, 2.24) is 4.98 Å². The molecule has 0 spiro atoms. The summed E-state index contributed by atoms with van der Waals surface area (Å²) in [7, 11) is 0. The highest BCUT2D eigenvalue weighted by Gasteiger charge is 2.05. The third-order valence-electron chi connectivity index (χ3n) is 2.10. The molecule has 1 aromatic heterocycles. The van der Waals surface area contributed by atoms with Gasteiger partial charge in [0.1, 0.15) is 0 Å². The smallest absolute Gasteiger partial charge is 0.269 e. The van der Waals surface area contributed by atoms with Crippen LogP contribution in [0.1, 0.15) is 11.3 Å². The molecule has 0 amide bonds. The average molecular weight is 235 g/mol. The van der Waals surface area contributed by atoms with E-state index < -0.39 is 4.92 Å². The minimum absolute atomic E-state index is 0.0986. The van der Waals surface area contributed by atoms with E-state index in [1.807, 2.05) is 5.38 Å². The molecule has 82 valence electrons. The molecule has 0 bridgehead atoms. The average Bonchev–Trinajstić information content (AvgIpc) is 2.65. The molecule has 16 heavy (non-hydrogen) atoms. The van der Waals surface area contributed by atoms with E-state index >= 15 is 0 Å². The molecule has 0 saturated carbocycles. The van der Waals surface area contributed by atoms with E-state index in [0.29, 0.717) is 11.6 Å². The summed E-state index contributed by atoms with van der Waals surface area (Å²) in [5.74, 6) is 0. The van der Waals surface area contributed by atoms with Gasteiger partial charge in [-0.15, -0.1) is 11.3 Å². The predicted octanol–water partition coefficient (Wildman–Crippen LogP) is 2.22. The van der Waals surface area contributed by atoms with E-state index in [2.05, 4.69) is 4.98 Å². The standard InChI is InChI=1S/C10H9N3O2S/c11-10-12-8(6-16-10)5-7-1-3-9(4-2-7)13(14)15/h1-4,6H,5H2,(H2,11,12). The largest absolute Gasteiger partial charge is 0.375 e. The number of anilines is 1. The summed E-state index contributed by atoms with van der Waals surface area (Å²) in [4.78, 5) is 14.2. The number of benzene rings is 1. The quantitative estimate of drug-likeness (QED) is 0.653. The number of aromatic nitrogens is 1. The van der Waals surface area contributed by atoms with Crippen LogP contribution < -0.4 is 5.73 Å². The highest BCUT2D eigenvalue weighted by Crippen LogP contribution is 2.17. The number of rotatable bonds is 3. The fraction of sp³-hybridized carbons (Fsp3) is 0.100. The molecule has 0 atom stereocenters. The summed E-state index contributed by atoms with van der Waals surface area (Å²) >= 11 is 1.39. The molecule has 0 aliphatic carbocycles. The SMILES string of the molecule is Nc1nc(Cc2ccc([N+](=O)[O-])cc2)cs1. The summed E-state index contributed by atoms with van der Waals surface area (Å²) in [6.07, 6.45) is 0.645. The van der Waals surface area contributed by atoms with E-state index in [1.165, 1.54) is 23.5 Å². The molecule has 0 saturated heterocycles. The van der Waals surface area contributed by atoms with Crippen LogP contribution in [0, 0.1) is 10.1 Å². The lowest BCUT2D eigenvalue weighted by atomic mass is 10.1. The molecule has 0 aliphatic heterocycles. The fourth-order valence-electron chi connectivity index (χ4n) is 1.35. The van der Waals surface area contributed by atoms with Crippen molar-refractivity contribution in [1.29, 1.82) is 0 Å². The van der Waals surface area contributed by atoms with Gasteiger partial charge in [0.15, 0.2) is 5.13 Å². The van der Waals surface area contributed by atoms with Gasteiger partial charge < -0.3 is 5.73 Å². The van der Waals surface area contributed by atoms with E-state index in [1.54, 1.807) is 12.1 Å². The summed E-state index contributed by atoms with van der Waals surface area (Å²) in [6.45, 7) is 0. The zero-order valence-electron chi connectivity index (χ0n) is 8.29. The molecule has 6 heteroatoms. The van der Waals surface area contributed by atoms with Crippen LogP contribution >= 0.6 is 11.3 Å². The number of hydrogen-bond acceptors (Lipinski definition) is 5. The Hall–Kier alpha value is -1.95. The summed E-state index contributed by atoms with van der Waals surface area (Å²) in [5, 5.41) is 12.9. The number of nitrogen functional groups attached to an aromatic ring is 1. The number of thiazole rings is 1. The van der Waals surface area contributed by atoms with Crippen molar-refractivity contribution < 1.29 is 4.92 Å². The van der Waals surface area contributed by atoms with Gasteiger partial charge in [0, 0.05) is 23.9 Å². The molecule has 2 rings (SSSR count). The Morgan fingerprint density at radius 2 is 2.06 bits per heavy atom. The Morgan fingerprint density at radius 1 is 1.38 bits per heavy atom. The zero-order valence-corrected chi connectivity index (χ0v) is 9.11. The molecular formula is C10H9N3O2S. The summed E-state index contributed by atoms with van der Waals surface area (Å²) in [5.41, 5.74) is 7.48. The Balaban J connectivity index is 2.14. The van der Waals surface area contributed by atoms with E-state index in [0.717, 1.165) is 11.3 Å². The molecule has 0 aliphatic rings. The molecule has 0 radical (unpaired) electrons. The maximum absolute atomic E-state index is 10.5. The second kappa shape index (κ2) is 4.28. The lowest BCUT2D eigenvalue weighted by Crippen LogP contribution is -1.91. The van der Waals surface area contributed by atoms with E-state index in [9.17, 15) is 10.1 Å². The molecule has 5 nitrogen and oxygen atoms in total. The minimum atomic E-state index is -0.412. The topological polar surface area (TPSA) is 82.0 Å². The minimum Gasteiger partial charge on any atom is -0.375 e.